The number of hydrogen-bond acceptors (Lipinski definition) is 3. The minimum atomic E-state index is -2.75. The van der Waals surface area contributed by atoms with E-state index in [1.807, 2.05) is 0 Å². The Balaban J connectivity index is 3.33. The van der Waals surface area contributed by atoms with Crippen molar-refractivity contribution in [3.05, 3.63) is 21.0 Å². The van der Waals surface area contributed by atoms with E-state index < -0.39 is 28.7 Å². The number of aromatic nitrogens is 1. The summed E-state index contributed by atoms with van der Waals surface area (Å²) in [5.41, 5.74) is -0.842. The van der Waals surface area contributed by atoms with Gasteiger partial charge in [0.2, 0.25) is 0 Å². The fourth-order valence-electron chi connectivity index (χ4n) is 0.789. The van der Waals surface area contributed by atoms with Crippen LogP contribution in [0, 0.1) is 3.57 Å². The molecule has 0 spiro atoms. The molecule has 3 nitrogen and oxygen atoms in total. The first-order valence-corrected chi connectivity index (χ1v) is 4.76. The number of carbonyl (C=O) groups excluding carboxylic acids is 1. The van der Waals surface area contributed by atoms with Crippen LogP contribution in [0.2, 0.25) is 0 Å². The zero-order valence-electron chi connectivity index (χ0n) is 6.47. The fraction of sp³-hybridized carbons (Fsp3) is 0.143. The van der Waals surface area contributed by atoms with Crippen molar-refractivity contribution < 1.29 is 18.7 Å². The van der Waals surface area contributed by atoms with E-state index in [9.17, 15) is 18.7 Å². The molecule has 0 aliphatic carbocycles. The van der Waals surface area contributed by atoms with Gasteiger partial charge in [0.25, 0.3) is 11.7 Å². The Kier molecular flexibility index (Phi) is 3.59. The standard InChI is InChI=1S/C7H3ClF2INO2/c8-6(14)4-5(13)3(11)2(1-12-4)7(9)10/h1,7,13H. The molecule has 0 radical (unpaired) electrons. The zero-order valence-corrected chi connectivity index (χ0v) is 9.38. The summed E-state index contributed by atoms with van der Waals surface area (Å²) in [4.78, 5) is 14.0. The average molecular weight is 333 g/mol. The Hall–Kier alpha value is -0.500. The smallest absolute Gasteiger partial charge is 0.274 e. The SMILES string of the molecule is O=C(Cl)c1ncc(C(F)F)c(I)c1O. The Labute approximate surface area is 96.2 Å². The summed E-state index contributed by atoms with van der Waals surface area (Å²) in [6, 6.07) is 0. The van der Waals surface area contributed by atoms with E-state index in [1.165, 1.54) is 22.6 Å². The molecule has 0 unspecified atom stereocenters. The first kappa shape index (κ1) is 11.6. The lowest BCUT2D eigenvalue weighted by Gasteiger charge is -2.06. The normalized spacial score (nSPS) is 10.6. The molecule has 0 atom stereocenters. The Morgan fingerprint density at radius 3 is 2.64 bits per heavy atom. The topological polar surface area (TPSA) is 50.2 Å². The van der Waals surface area contributed by atoms with Crippen molar-refractivity contribution in [2.75, 3.05) is 0 Å². The number of hydrogen-bond donors (Lipinski definition) is 1. The van der Waals surface area contributed by atoms with E-state index in [0.29, 0.717) is 0 Å². The van der Waals surface area contributed by atoms with Crippen molar-refractivity contribution in [2.24, 2.45) is 0 Å². The molecule has 0 saturated carbocycles. The van der Waals surface area contributed by atoms with Crippen LogP contribution in [0.3, 0.4) is 0 Å². The third kappa shape index (κ3) is 2.11. The second-order valence-electron chi connectivity index (χ2n) is 2.30. The molecule has 0 amide bonds. The van der Waals surface area contributed by atoms with Crippen LogP contribution in [-0.4, -0.2) is 15.3 Å². The molecule has 7 heteroatoms. The molecule has 0 bridgehead atoms. The van der Waals surface area contributed by atoms with Gasteiger partial charge >= 0.3 is 0 Å². The van der Waals surface area contributed by atoms with E-state index in [1.54, 1.807) is 0 Å². The van der Waals surface area contributed by atoms with Crippen LogP contribution in [0.4, 0.5) is 8.78 Å². The lowest BCUT2D eigenvalue weighted by atomic mass is 10.2. The third-order valence-electron chi connectivity index (χ3n) is 1.44. The Morgan fingerprint density at radius 1 is 1.64 bits per heavy atom. The van der Waals surface area contributed by atoms with Gasteiger partial charge in [0.15, 0.2) is 11.4 Å². The van der Waals surface area contributed by atoms with Gasteiger partial charge in [-0.1, -0.05) is 0 Å². The van der Waals surface area contributed by atoms with Crippen molar-refractivity contribution in [2.45, 2.75) is 6.43 Å². The molecule has 1 rings (SSSR count). The quantitative estimate of drug-likeness (QED) is 0.669. The molecule has 76 valence electrons. The number of pyridine rings is 1. The highest BCUT2D eigenvalue weighted by Gasteiger charge is 2.20. The Morgan fingerprint density at radius 2 is 2.21 bits per heavy atom. The monoisotopic (exact) mass is 333 g/mol. The molecule has 14 heavy (non-hydrogen) atoms. The first-order valence-electron chi connectivity index (χ1n) is 3.30. The predicted octanol–water partition coefficient (Wildman–Crippen LogP) is 2.71. The van der Waals surface area contributed by atoms with Crippen molar-refractivity contribution in [3.63, 3.8) is 0 Å². The molecule has 0 aliphatic heterocycles. The average Bonchev–Trinajstić information content (AvgIpc) is 2.08. The van der Waals surface area contributed by atoms with Crippen LogP contribution >= 0.6 is 34.2 Å². The number of halogens is 4. The fourth-order valence-corrected chi connectivity index (χ4v) is 1.56. The van der Waals surface area contributed by atoms with E-state index >= 15 is 0 Å². The summed E-state index contributed by atoms with van der Waals surface area (Å²) in [6.07, 6.45) is -1.93. The summed E-state index contributed by atoms with van der Waals surface area (Å²) >= 11 is 6.56. The number of aromatic hydroxyl groups is 1. The lowest BCUT2D eigenvalue weighted by molar-refractivity contribution is 0.107. The molecule has 1 aromatic heterocycles. The van der Waals surface area contributed by atoms with Crippen molar-refractivity contribution >= 4 is 39.4 Å². The van der Waals surface area contributed by atoms with Crippen molar-refractivity contribution in [1.29, 1.82) is 0 Å². The van der Waals surface area contributed by atoms with E-state index in [0.717, 1.165) is 6.20 Å². The van der Waals surface area contributed by atoms with Crippen molar-refractivity contribution in [3.8, 4) is 5.75 Å². The molecule has 0 aliphatic rings. The molecular formula is C7H3ClF2INO2. The molecular weight excluding hydrogens is 330 g/mol. The summed E-state index contributed by atoms with van der Waals surface area (Å²) < 4.78 is 24.4. The minimum Gasteiger partial charge on any atom is -0.504 e. The van der Waals surface area contributed by atoms with Gasteiger partial charge in [-0.3, -0.25) is 4.79 Å². The van der Waals surface area contributed by atoms with Gasteiger partial charge in [0.1, 0.15) is 0 Å². The maximum Gasteiger partial charge on any atom is 0.274 e. The number of nitrogens with zero attached hydrogens (tertiary/aromatic N) is 1. The highest BCUT2D eigenvalue weighted by Crippen LogP contribution is 2.32. The van der Waals surface area contributed by atoms with Gasteiger partial charge < -0.3 is 5.11 Å². The van der Waals surface area contributed by atoms with Crippen LogP contribution in [0.5, 0.6) is 5.75 Å². The zero-order chi connectivity index (χ0) is 10.9. The largest absolute Gasteiger partial charge is 0.504 e. The van der Waals surface area contributed by atoms with Gasteiger partial charge in [-0.15, -0.1) is 0 Å². The van der Waals surface area contributed by atoms with Crippen LogP contribution in [0.15, 0.2) is 6.20 Å². The van der Waals surface area contributed by atoms with E-state index in [2.05, 4.69) is 4.98 Å². The van der Waals surface area contributed by atoms with E-state index in [-0.39, 0.29) is 3.57 Å². The minimum absolute atomic E-state index is 0.114. The van der Waals surface area contributed by atoms with Crippen molar-refractivity contribution in [1.82, 2.24) is 4.98 Å². The predicted molar refractivity (Wildman–Crippen MR) is 53.8 cm³/mol. The maximum absolute atomic E-state index is 12.3. The number of carbonyl (C=O) groups is 1. The van der Waals surface area contributed by atoms with E-state index in [4.69, 9.17) is 11.6 Å². The van der Waals surface area contributed by atoms with Gasteiger partial charge in [0.05, 0.1) is 9.13 Å². The summed E-state index contributed by atoms with van der Waals surface area (Å²) in [5.74, 6) is -0.608. The summed E-state index contributed by atoms with van der Waals surface area (Å²) in [5, 5.41) is 8.30. The molecule has 0 fully saturated rings. The van der Waals surface area contributed by atoms with Crippen LogP contribution in [0.1, 0.15) is 22.5 Å². The molecule has 1 heterocycles. The van der Waals surface area contributed by atoms with Gasteiger partial charge in [0, 0.05) is 6.20 Å². The Bertz CT molecular complexity index is 386. The molecule has 0 saturated heterocycles. The van der Waals surface area contributed by atoms with Crippen LogP contribution in [-0.2, 0) is 0 Å². The number of alkyl halides is 2. The highest BCUT2D eigenvalue weighted by molar-refractivity contribution is 14.1. The second-order valence-corrected chi connectivity index (χ2v) is 3.72. The lowest BCUT2D eigenvalue weighted by Crippen LogP contribution is -2.00. The van der Waals surface area contributed by atoms with Crippen LogP contribution in [0.25, 0.3) is 0 Å². The van der Waals surface area contributed by atoms with Gasteiger partial charge in [-0.2, -0.15) is 0 Å². The molecule has 0 aromatic carbocycles. The molecule has 1 N–H and O–H groups in total. The van der Waals surface area contributed by atoms with Gasteiger partial charge in [-0.25, -0.2) is 13.8 Å². The third-order valence-corrected chi connectivity index (χ3v) is 2.75. The first-order chi connectivity index (χ1) is 6.45. The summed E-state index contributed by atoms with van der Waals surface area (Å²) in [7, 11) is 0. The maximum atomic E-state index is 12.3. The summed E-state index contributed by atoms with van der Waals surface area (Å²) in [6.45, 7) is 0. The van der Waals surface area contributed by atoms with Crippen LogP contribution < -0.4 is 0 Å². The molecule has 1 aromatic rings. The highest BCUT2D eigenvalue weighted by atomic mass is 127. The number of rotatable bonds is 2. The van der Waals surface area contributed by atoms with Gasteiger partial charge in [-0.05, 0) is 34.2 Å². The second kappa shape index (κ2) is 4.35.